The Balaban J connectivity index is 1.40. The van der Waals surface area contributed by atoms with Crippen molar-refractivity contribution >= 4 is 21.1 Å². The second-order valence-corrected chi connectivity index (χ2v) is 11.8. The van der Waals surface area contributed by atoms with E-state index < -0.39 is 15.7 Å². The second kappa shape index (κ2) is 9.34. The van der Waals surface area contributed by atoms with Gasteiger partial charge in [-0.3, -0.25) is 9.58 Å². The topological polar surface area (TPSA) is 82.2 Å². The van der Waals surface area contributed by atoms with E-state index in [9.17, 15) is 8.42 Å². The molecule has 0 atom stereocenters. The first-order valence-electron chi connectivity index (χ1n) is 12.7. The maximum absolute atomic E-state index is 16.4. The summed E-state index contributed by atoms with van der Waals surface area (Å²) in [5.41, 5.74) is 0.675. The number of hydrogen-bond acceptors (Lipinski definition) is 6. The molecule has 0 unspecified atom stereocenters. The molecule has 3 aromatic heterocycles. The molecule has 1 saturated carbocycles. The number of nitrogens with zero attached hydrogens (tertiary/aromatic N) is 5. The number of alkyl halides is 1. The van der Waals surface area contributed by atoms with Gasteiger partial charge in [0.05, 0.1) is 24.3 Å². The van der Waals surface area contributed by atoms with Gasteiger partial charge in [-0.1, -0.05) is 18.2 Å². The molecule has 1 aliphatic carbocycles. The lowest BCUT2D eigenvalue weighted by Crippen LogP contribution is -2.46. The highest BCUT2D eigenvalue weighted by molar-refractivity contribution is 7.90. The van der Waals surface area contributed by atoms with E-state index in [-0.39, 0.29) is 10.5 Å². The predicted octanol–water partition coefficient (Wildman–Crippen LogP) is 4.11. The molecule has 0 N–H and O–H groups in total. The third kappa shape index (κ3) is 4.36. The summed E-state index contributed by atoms with van der Waals surface area (Å²) >= 11 is 0. The average Bonchev–Trinajstić information content (AvgIpc) is 3.53. The molecule has 0 radical (unpaired) electrons. The summed E-state index contributed by atoms with van der Waals surface area (Å²) in [6.07, 6.45) is 8.95. The van der Waals surface area contributed by atoms with Crippen LogP contribution in [0.2, 0.25) is 0 Å². The highest BCUT2D eigenvalue weighted by atomic mass is 32.2. The average molecular weight is 524 g/mol. The maximum Gasteiger partial charge on any atom is 0.269 e. The first-order valence-corrected chi connectivity index (χ1v) is 14.1. The van der Waals surface area contributed by atoms with E-state index in [0.717, 1.165) is 44.7 Å². The van der Waals surface area contributed by atoms with Gasteiger partial charge in [-0.05, 0) is 43.9 Å². The number of fused-ring (bicyclic) bond motifs is 1. The van der Waals surface area contributed by atoms with Crippen LogP contribution in [0.25, 0.3) is 22.2 Å². The van der Waals surface area contributed by atoms with Crippen LogP contribution >= 0.6 is 0 Å². The fourth-order valence-corrected chi connectivity index (χ4v) is 7.01. The van der Waals surface area contributed by atoms with Gasteiger partial charge in [0.2, 0.25) is 0 Å². The Bertz CT molecular complexity index is 1520. The van der Waals surface area contributed by atoms with Gasteiger partial charge in [-0.2, -0.15) is 5.10 Å². The summed E-state index contributed by atoms with van der Waals surface area (Å²) in [5, 5.41) is 4.85. The largest absolute Gasteiger partial charge is 0.379 e. The predicted molar refractivity (Wildman–Crippen MR) is 138 cm³/mol. The molecular weight excluding hydrogens is 493 g/mol. The minimum Gasteiger partial charge on any atom is -0.379 e. The number of hydrogen-bond donors (Lipinski definition) is 0. The molecule has 194 valence electrons. The summed E-state index contributed by atoms with van der Waals surface area (Å²) in [4.78, 5) is 7.13. The highest BCUT2D eigenvalue weighted by Gasteiger charge is 2.39. The number of aryl methyl sites for hydroxylation is 1. The van der Waals surface area contributed by atoms with Crippen LogP contribution in [0.4, 0.5) is 4.39 Å². The van der Waals surface area contributed by atoms with Gasteiger partial charge in [-0.15, -0.1) is 0 Å². The lowest BCUT2D eigenvalue weighted by molar-refractivity contribution is -0.0116. The standard InChI is InChI=1S/C27H30FN5O3S/c1-31-18-20(16-30-31)25-19-33(37(34,35)23-5-3-2-4-6-23)26-24(25)15-21(17-29-26)27(28)9-7-22(8-10-27)32-11-13-36-14-12-32/h2-6,15-19,22H,7-14H2,1H3/t22-,27-. The normalized spacial score (nSPS) is 23.5. The first-order chi connectivity index (χ1) is 17.8. The van der Waals surface area contributed by atoms with E-state index in [1.807, 2.05) is 6.20 Å². The number of aromatic nitrogens is 4. The van der Waals surface area contributed by atoms with Gasteiger partial charge >= 0.3 is 0 Å². The Morgan fingerprint density at radius 2 is 1.78 bits per heavy atom. The quantitative estimate of drug-likeness (QED) is 0.392. The molecule has 0 amide bonds. The summed E-state index contributed by atoms with van der Waals surface area (Å²) in [6.45, 7) is 3.26. The number of morpholine rings is 1. The Labute approximate surface area is 215 Å². The summed E-state index contributed by atoms with van der Waals surface area (Å²) in [6, 6.07) is 10.4. The van der Waals surface area contributed by atoms with Gasteiger partial charge < -0.3 is 4.74 Å². The fourth-order valence-electron chi connectivity index (χ4n) is 5.66. The summed E-state index contributed by atoms with van der Waals surface area (Å²) in [5.74, 6) is 0. The fraction of sp³-hybridized carbons (Fsp3) is 0.407. The van der Waals surface area contributed by atoms with Crippen molar-refractivity contribution in [3.63, 3.8) is 0 Å². The Hall–Kier alpha value is -3.08. The van der Waals surface area contributed by atoms with Crippen LogP contribution in [-0.2, 0) is 27.5 Å². The smallest absolute Gasteiger partial charge is 0.269 e. The zero-order valence-corrected chi connectivity index (χ0v) is 21.6. The molecule has 0 spiro atoms. The molecule has 4 heterocycles. The molecule has 6 rings (SSSR count). The van der Waals surface area contributed by atoms with Crippen molar-refractivity contribution in [3.8, 4) is 11.1 Å². The van der Waals surface area contributed by atoms with E-state index >= 15 is 4.39 Å². The zero-order valence-electron chi connectivity index (χ0n) is 20.8. The Morgan fingerprint density at radius 1 is 1.05 bits per heavy atom. The van der Waals surface area contributed by atoms with Crippen molar-refractivity contribution in [1.82, 2.24) is 23.6 Å². The number of benzene rings is 1. The molecule has 1 aromatic carbocycles. The van der Waals surface area contributed by atoms with Crippen LogP contribution in [0.1, 0.15) is 31.2 Å². The van der Waals surface area contributed by atoms with Crippen LogP contribution in [0, 0.1) is 0 Å². The summed E-state index contributed by atoms with van der Waals surface area (Å²) in [7, 11) is -2.10. The number of ether oxygens (including phenoxy) is 1. The zero-order chi connectivity index (χ0) is 25.6. The molecular formula is C27H30FN5O3S. The van der Waals surface area contributed by atoms with Crippen LogP contribution in [-0.4, -0.2) is 64.4 Å². The van der Waals surface area contributed by atoms with Crippen LogP contribution in [0.15, 0.2) is 66.1 Å². The minimum absolute atomic E-state index is 0.166. The van der Waals surface area contributed by atoms with E-state index in [1.54, 1.807) is 60.5 Å². The van der Waals surface area contributed by atoms with Crippen molar-refractivity contribution in [2.45, 2.75) is 42.3 Å². The molecule has 8 nitrogen and oxygen atoms in total. The Kier molecular flexibility index (Phi) is 6.13. The monoisotopic (exact) mass is 523 g/mol. The highest BCUT2D eigenvalue weighted by Crippen LogP contribution is 2.44. The van der Waals surface area contributed by atoms with Crippen molar-refractivity contribution in [2.75, 3.05) is 26.3 Å². The van der Waals surface area contributed by atoms with Crippen molar-refractivity contribution < 1.29 is 17.5 Å². The van der Waals surface area contributed by atoms with Gasteiger partial charge in [0.25, 0.3) is 10.0 Å². The molecule has 1 aliphatic heterocycles. The van der Waals surface area contributed by atoms with E-state index in [0.29, 0.717) is 35.4 Å². The van der Waals surface area contributed by atoms with E-state index in [2.05, 4.69) is 15.0 Å². The lowest BCUT2D eigenvalue weighted by atomic mass is 9.79. The number of pyridine rings is 1. The van der Waals surface area contributed by atoms with E-state index in [1.165, 1.54) is 10.2 Å². The SMILES string of the molecule is Cn1cc(-c2cn(S(=O)(=O)c3ccccc3)c3ncc([C@]4(F)CC[C@H](N5CCOCC5)CC4)cc23)cn1. The first kappa shape index (κ1) is 24.3. The third-order valence-corrected chi connectivity index (χ3v) is 9.42. The Morgan fingerprint density at radius 3 is 2.46 bits per heavy atom. The van der Waals surface area contributed by atoms with Gasteiger partial charge in [0.15, 0.2) is 5.65 Å². The maximum atomic E-state index is 16.4. The summed E-state index contributed by atoms with van der Waals surface area (Å²) < 4.78 is 51.8. The molecule has 37 heavy (non-hydrogen) atoms. The van der Waals surface area contributed by atoms with Crippen LogP contribution < -0.4 is 0 Å². The van der Waals surface area contributed by atoms with Gasteiger partial charge in [0, 0.05) is 66.8 Å². The molecule has 0 bridgehead atoms. The second-order valence-electron chi connectivity index (χ2n) is 10.00. The minimum atomic E-state index is -3.90. The van der Waals surface area contributed by atoms with Crippen molar-refractivity contribution in [1.29, 1.82) is 0 Å². The number of rotatable bonds is 5. The molecule has 2 fully saturated rings. The van der Waals surface area contributed by atoms with Crippen LogP contribution in [0.3, 0.4) is 0 Å². The van der Waals surface area contributed by atoms with Crippen molar-refractivity contribution in [3.05, 3.63) is 66.7 Å². The molecule has 4 aromatic rings. The molecule has 1 saturated heterocycles. The van der Waals surface area contributed by atoms with Crippen molar-refractivity contribution in [2.24, 2.45) is 7.05 Å². The molecule has 10 heteroatoms. The number of halogens is 1. The van der Waals surface area contributed by atoms with E-state index in [4.69, 9.17) is 4.74 Å². The van der Waals surface area contributed by atoms with Crippen LogP contribution in [0.5, 0.6) is 0 Å². The third-order valence-electron chi connectivity index (χ3n) is 7.75. The molecule has 2 aliphatic rings. The van der Waals surface area contributed by atoms with Gasteiger partial charge in [-0.25, -0.2) is 21.8 Å². The van der Waals surface area contributed by atoms with Gasteiger partial charge in [0.1, 0.15) is 5.67 Å². The lowest BCUT2D eigenvalue weighted by Gasteiger charge is -2.41.